The lowest BCUT2D eigenvalue weighted by Gasteiger charge is -2.33. The first kappa shape index (κ1) is 24.2. The lowest BCUT2D eigenvalue weighted by molar-refractivity contribution is 0.173. The summed E-state index contributed by atoms with van der Waals surface area (Å²) in [5.74, 6) is 4.05. The molecule has 1 atom stereocenters. The van der Waals surface area contributed by atoms with Crippen molar-refractivity contribution in [1.29, 1.82) is 0 Å². The molecule has 1 saturated heterocycles. The van der Waals surface area contributed by atoms with Crippen molar-refractivity contribution in [1.82, 2.24) is 39.2 Å². The maximum Gasteiger partial charge on any atom is 0.222 e. The third kappa shape index (κ3) is 4.62. The Balaban J connectivity index is 1.36. The first-order chi connectivity index (χ1) is 18.5. The van der Waals surface area contributed by atoms with E-state index in [9.17, 15) is 0 Å². The average Bonchev–Trinajstić information content (AvgIpc) is 3.47. The molecule has 2 aliphatic rings. The minimum absolute atomic E-state index is 0.108. The molecule has 4 aromatic heterocycles. The van der Waals surface area contributed by atoms with E-state index in [1.165, 1.54) is 0 Å². The zero-order chi connectivity index (χ0) is 26.2. The number of hydrogen-bond donors (Lipinski definition) is 1. The molecule has 4 aromatic rings. The second-order valence-corrected chi connectivity index (χ2v) is 9.80. The molecule has 38 heavy (non-hydrogen) atoms. The van der Waals surface area contributed by atoms with Gasteiger partial charge in [-0.05, 0) is 20.0 Å². The molecule has 2 aliphatic heterocycles. The summed E-state index contributed by atoms with van der Waals surface area (Å²) in [6.45, 7) is 6.43. The Labute approximate surface area is 221 Å². The fourth-order valence-corrected chi connectivity index (χ4v) is 4.78. The van der Waals surface area contributed by atoms with E-state index in [1.807, 2.05) is 39.5 Å². The van der Waals surface area contributed by atoms with Crippen LogP contribution >= 0.6 is 0 Å². The quantitative estimate of drug-likeness (QED) is 0.427. The lowest BCUT2D eigenvalue weighted by Crippen LogP contribution is -2.45. The van der Waals surface area contributed by atoms with E-state index < -0.39 is 0 Å². The minimum atomic E-state index is -0.108. The van der Waals surface area contributed by atoms with Gasteiger partial charge in [0.05, 0.1) is 36.4 Å². The van der Waals surface area contributed by atoms with Crippen LogP contribution in [0.25, 0.3) is 22.6 Å². The highest BCUT2D eigenvalue weighted by atomic mass is 16.5. The van der Waals surface area contributed by atoms with Crippen molar-refractivity contribution in [3.05, 3.63) is 36.9 Å². The summed E-state index contributed by atoms with van der Waals surface area (Å²) in [5.41, 5.74) is 2.56. The number of anilines is 3. The van der Waals surface area contributed by atoms with Crippen LogP contribution in [0.15, 0.2) is 36.9 Å². The van der Waals surface area contributed by atoms with Gasteiger partial charge in [-0.2, -0.15) is 5.10 Å². The number of nitrogens with one attached hydrogen (secondary N) is 1. The molecule has 1 fully saturated rings. The Kier molecular flexibility index (Phi) is 6.32. The number of hydrogen-bond acceptors (Lipinski definition) is 10. The normalized spacial score (nSPS) is 18.1. The monoisotopic (exact) mass is 516 g/mol. The van der Waals surface area contributed by atoms with Crippen molar-refractivity contribution in [2.45, 2.75) is 19.4 Å². The summed E-state index contributed by atoms with van der Waals surface area (Å²) in [6.07, 6.45) is 7.72. The smallest absolute Gasteiger partial charge is 0.222 e. The van der Waals surface area contributed by atoms with Gasteiger partial charge in [0.15, 0.2) is 5.82 Å². The summed E-state index contributed by atoms with van der Waals surface area (Å²) in [7, 11) is 6.04. The van der Waals surface area contributed by atoms with Crippen molar-refractivity contribution >= 4 is 17.6 Å². The van der Waals surface area contributed by atoms with Crippen molar-refractivity contribution in [3.63, 3.8) is 0 Å². The number of piperazine rings is 1. The van der Waals surface area contributed by atoms with Crippen LogP contribution in [-0.4, -0.2) is 85.1 Å². The summed E-state index contributed by atoms with van der Waals surface area (Å²) in [5, 5.41) is 7.65. The van der Waals surface area contributed by atoms with Gasteiger partial charge in [-0.15, -0.1) is 0 Å². The fraction of sp³-hybridized carbons (Fsp3) is 0.423. The van der Waals surface area contributed by atoms with Crippen LogP contribution in [0.1, 0.15) is 13.3 Å². The molecular formula is C26H32N10O2. The highest BCUT2D eigenvalue weighted by Crippen LogP contribution is 2.35. The standard InChI is InChI=1S/C26H32N10O2/c1-17-6-12-37-25-19(15-30-35(25)4)24-27-7-5-22(32-24)31-23-13-21(38-17)18(14-28-23)20-16-29-26(34(20)3)36-10-8-33(2)9-11-36/h5,7,13-17H,6,8-12H2,1-4H3,(H,27,28,31,32)/t17-/m0/s1. The zero-order valence-corrected chi connectivity index (χ0v) is 22.1. The molecular weight excluding hydrogens is 484 g/mol. The van der Waals surface area contributed by atoms with Crippen LogP contribution in [0.3, 0.4) is 0 Å². The van der Waals surface area contributed by atoms with Gasteiger partial charge in [0, 0.05) is 65.2 Å². The third-order valence-corrected chi connectivity index (χ3v) is 7.02. The molecule has 0 unspecified atom stereocenters. The molecule has 12 heteroatoms. The van der Waals surface area contributed by atoms with Crippen molar-refractivity contribution in [2.75, 3.05) is 50.1 Å². The van der Waals surface area contributed by atoms with Crippen molar-refractivity contribution < 1.29 is 9.47 Å². The second kappa shape index (κ2) is 9.93. The maximum atomic E-state index is 6.49. The molecule has 6 rings (SSSR count). The molecule has 0 aromatic carbocycles. The molecule has 6 heterocycles. The molecule has 4 bridgehead atoms. The third-order valence-electron chi connectivity index (χ3n) is 7.02. The van der Waals surface area contributed by atoms with Crippen LogP contribution in [-0.2, 0) is 14.1 Å². The highest BCUT2D eigenvalue weighted by molar-refractivity contribution is 5.71. The first-order valence-corrected chi connectivity index (χ1v) is 12.8. The number of likely N-dealkylation sites (N-methyl/N-ethyl adjacent to an activating group) is 1. The molecule has 0 saturated carbocycles. The molecule has 12 nitrogen and oxygen atoms in total. The lowest BCUT2D eigenvalue weighted by atomic mass is 10.2. The van der Waals surface area contributed by atoms with E-state index in [-0.39, 0.29) is 6.10 Å². The van der Waals surface area contributed by atoms with Gasteiger partial charge >= 0.3 is 0 Å². The maximum absolute atomic E-state index is 6.49. The van der Waals surface area contributed by atoms with Gasteiger partial charge in [-0.1, -0.05) is 0 Å². The molecule has 0 amide bonds. The van der Waals surface area contributed by atoms with E-state index in [0.717, 1.165) is 54.7 Å². The van der Waals surface area contributed by atoms with Crippen LogP contribution < -0.4 is 19.7 Å². The number of pyridine rings is 1. The largest absolute Gasteiger partial charge is 0.490 e. The van der Waals surface area contributed by atoms with E-state index in [2.05, 4.69) is 41.8 Å². The van der Waals surface area contributed by atoms with Crippen LogP contribution in [0.4, 0.5) is 17.6 Å². The molecule has 198 valence electrons. The second-order valence-electron chi connectivity index (χ2n) is 9.80. The Morgan fingerprint density at radius 3 is 2.63 bits per heavy atom. The predicted octanol–water partition coefficient (Wildman–Crippen LogP) is 2.72. The van der Waals surface area contributed by atoms with Gasteiger partial charge in [0.2, 0.25) is 11.8 Å². The zero-order valence-electron chi connectivity index (χ0n) is 22.1. The highest BCUT2D eigenvalue weighted by Gasteiger charge is 2.23. The molecule has 0 radical (unpaired) electrons. The Morgan fingerprint density at radius 2 is 1.79 bits per heavy atom. The SMILES string of the molecule is C[C@H]1CCOc2c(cnn2C)-c2nccc(n2)Nc2cc(c(-c3cnc(N4CCN(C)CC4)n3C)cn2)O1. The number of aromatic nitrogens is 7. The summed E-state index contributed by atoms with van der Waals surface area (Å²) >= 11 is 0. The Bertz CT molecular complexity index is 1440. The number of nitrogens with zero attached hydrogens (tertiary/aromatic N) is 9. The Morgan fingerprint density at radius 1 is 0.947 bits per heavy atom. The van der Waals surface area contributed by atoms with E-state index in [4.69, 9.17) is 19.4 Å². The minimum Gasteiger partial charge on any atom is -0.490 e. The number of rotatable bonds is 2. The van der Waals surface area contributed by atoms with Gasteiger partial charge in [-0.3, -0.25) is 0 Å². The van der Waals surface area contributed by atoms with E-state index in [1.54, 1.807) is 23.1 Å². The number of ether oxygens (including phenoxy) is 2. The summed E-state index contributed by atoms with van der Waals surface area (Å²) in [6, 6.07) is 3.71. The fourth-order valence-electron chi connectivity index (χ4n) is 4.78. The van der Waals surface area contributed by atoms with Gasteiger partial charge in [0.25, 0.3) is 0 Å². The van der Waals surface area contributed by atoms with Crippen molar-refractivity contribution in [3.8, 4) is 34.3 Å². The number of fused-ring (bicyclic) bond motifs is 6. The Hall–Kier alpha value is -4.19. The summed E-state index contributed by atoms with van der Waals surface area (Å²) in [4.78, 5) is 23.3. The first-order valence-electron chi connectivity index (χ1n) is 12.8. The molecule has 0 spiro atoms. The van der Waals surface area contributed by atoms with Crippen LogP contribution in [0, 0.1) is 0 Å². The van der Waals surface area contributed by atoms with Crippen LogP contribution in [0.5, 0.6) is 11.6 Å². The topological polar surface area (TPSA) is 111 Å². The number of aryl methyl sites for hydroxylation is 1. The van der Waals surface area contributed by atoms with Crippen LogP contribution in [0.2, 0.25) is 0 Å². The molecule has 0 aliphatic carbocycles. The van der Waals surface area contributed by atoms with Gasteiger partial charge in [-0.25, -0.2) is 24.6 Å². The summed E-state index contributed by atoms with van der Waals surface area (Å²) < 4.78 is 16.4. The van der Waals surface area contributed by atoms with Crippen molar-refractivity contribution in [2.24, 2.45) is 14.1 Å². The van der Waals surface area contributed by atoms with E-state index in [0.29, 0.717) is 36.4 Å². The van der Waals surface area contributed by atoms with E-state index >= 15 is 0 Å². The van der Waals surface area contributed by atoms with Gasteiger partial charge < -0.3 is 29.2 Å². The predicted molar refractivity (Wildman–Crippen MR) is 144 cm³/mol. The molecule has 1 N–H and O–H groups in total. The average molecular weight is 517 g/mol. The number of imidazole rings is 1. The van der Waals surface area contributed by atoms with Gasteiger partial charge in [0.1, 0.15) is 22.9 Å².